The standard InChI is InChI=1S/C22H26FNO4/c1-26-19-12-15(13-20(27-2)21(19)28-3)18(25)8-9-22(10-11-24-14-22)16-4-6-17(23)7-5-16/h4-7,12-13,24H,8-11,14H2,1-3H3. The van der Waals surface area contributed by atoms with Gasteiger partial charge in [0.2, 0.25) is 5.75 Å². The van der Waals surface area contributed by atoms with Gasteiger partial charge in [-0.2, -0.15) is 0 Å². The number of hydrogen-bond donors (Lipinski definition) is 1. The first-order chi connectivity index (χ1) is 13.5. The van der Waals surface area contributed by atoms with Gasteiger partial charge >= 0.3 is 0 Å². The summed E-state index contributed by atoms with van der Waals surface area (Å²) < 4.78 is 29.3. The molecule has 0 aromatic heterocycles. The average molecular weight is 387 g/mol. The van der Waals surface area contributed by atoms with E-state index >= 15 is 0 Å². The van der Waals surface area contributed by atoms with Crippen LogP contribution in [0.4, 0.5) is 4.39 Å². The van der Waals surface area contributed by atoms with Crippen molar-refractivity contribution in [2.75, 3.05) is 34.4 Å². The Morgan fingerprint density at radius 2 is 1.71 bits per heavy atom. The van der Waals surface area contributed by atoms with E-state index < -0.39 is 0 Å². The number of methoxy groups -OCH3 is 3. The largest absolute Gasteiger partial charge is 0.493 e. The summed E-state index contributed by atoms with van der Waals surface area (Å²) >= 11 is 0. The van der Waals surface area contributed by atoms with Crippen LogP contribution in [0, 0.1) is 5.82 Å². The zero-order valence-corrected chi connectivity index (χ0v) is 16.5. The number of Topliss-reactive ketones (excluding diaryl/α,β-unsaturated/α-hetero) is 1. The van der Waals surface area contributed by atoms with E-state index in [0.29, 0.717) is 35.7 Å². The topological polar surface area (TPSA) is 56.8 Å². The van der Waals surface area contributed by atoms with E-state index in [1.165, 1.54) is 33.5 Å². The van der Waals surface area contributed by atoms with Gasteiger partial charge in [0.15, 0.2) is 17.3 Å². The van der Waals surface area contributed by atoms with Crippen LogP contribution in [-0.2, 0) is 5.41 Å². The van der Waals surface area contributed by atoms with Crippen molar-refractivity contribution in [3.05, 3.63) is 53.3 Å². The highest BCUT2D eigenvalue weighted by molar-refractivity contribution is 5.97. The number of ether oxygens (including phenoxy) is 3. The highest BCUT2D eigenvalue weighted by atomic mass is 19.1. The summed E-state index contributed by atoms with van der Waals surface area (Å²) in [6, 6.07) is 9.98. The summed E-state index contributed by atoms with van der Waals surface area (Å²) in [5.41, 5.74) is 1.43. The quantitative estimate of drug-likeness (QED) is 0.699. The van der Waals surface area contributed by atoms with Crippen molar-refractivity contribution in [2.45, 2.75) is 24.7 Å². The Labute approximate surface area is 164 Å². The van der Waals surface area contributed by atoms with Crippen molar-refractivity contribution < 1.29 is 23.4 Å². The molecular formula is C22H26FNO4. The molecule has 0 aliphatic carbocycles. The van der Waals surface area contributed by atoms with Crippen LogP contribution in [0.25, 0.3) is 0 Å². The Morgan fingerprint density at radius 1 is 1.07 bits per heavy atom. The number of halogens is 1. The Bertz CT molecular complexity index is 804. The van der Waals surface area contributed by atoms with Gasteiger partial charge in [-0.3, -0.25) is 4.79 Å². The van der Waals surface area contributed by atoms with E-state index in [1.54, 1.807) is 12.1 Å². The first-order valence-electron chi connectivity index (χ1n) is 9.33. The third kappa shape index (κ3) is 3.97. The Morgan fingerprint density at radius 3 is 2.21 bits per heavy atom. The minimum atomic E-state index is -0.252. The van der Waals surface area contributed by atoms with Gasteiger partial charge in [0, 0.05) is 23.9 Å². The SMILES string of the molecule is COc1cc(C(=O)CCC2(c3ccc(F)cc3)CCNC2)cc(OC)c1OC. The number of benzene rings is 2. The molecule has 1 N–H and O–H groups in total. The van der Waals surface area contributed by atoms with Crippen molar-refractivity contribution in [2.24, 2.45) is 0 Å². The molecule has 28 heavy (non-hydrogen) atoms. The number of ketones is 1. The van der Waals surface area contributed by atoms with Crippen molar-refractivity contribution in [3.8, 4) is 17.2 Å². The van der Waals surface area contributed by atoms with Crippen LogP contribution in [-0.4, -0.2) is 40.2 Å². The zero-order chi connectivity index (χ0) is 20.1. The fraction of sp³-hybridized carbons (Fsp3) is 0.409. The normalized spacial score (nSPS) is 18.7. The van der Waals surface area contributed by atoms with Gasteiger partial charge in [-0.05, 0) is 49.2 Å². The summed E-state index contributed by atoms with van der Waals surface area (Å²) in [7, 11) is 4.58. The van der Waals surface area contributed by atoms with Gasteiger partial charge in [0.25, 0.3) is 0 Å². The second-order valence-electron chi connectivity index (χ2n) is 7.05. The third-order valence-corrected chi connectivity index (χ3v) is 5.52. The molecule has 0 spiro atoms. The van der Waals surface area contributed by atoms with Gasteiger partial charge in [-0.15, -0.1) is 0 Å². The molecule has 5 nitrogen and oxygen atoms in total. The Hall–Kier alpha value is -2.60. The van der Waals surface area contributed by atoms with Gasteiger partial charge in [-0.1, -0.05) is 12.1 Å². The molecule has 0 amide bonds. The first-order valence-corrected chi connectivity index (χ1v) is 9.33. The highest BCUT2D eigenvalue weighted by Gasteiger charge is 2.36. The molecule has 1 aliphatic heterocycles. The number of carbonyl (C=O) groups excluding carboxylic acids is 1. The van der Waals surface area contributed by atoms with Crippen LogP contribution < -0.4 is 19.5 Å². The van der Waals surface area contributed by atoms with Gasteiger partial charge < -0.3 is 19.5 Å². The lowest BCUT2D eigenvalue weighted by molar-refractivity contribution is 0.0970. The van der Waals surface area contributed by atoms with Crippen molar-refractivity contribution in [1.82, 2.24) is 5.32 Å². The lowest BCUT2D eigenvalue weighted by Crippen LogP contribution is -2.29. The molecule has 1 saturated heterocycles. The number of nitrogens with one attached hydrogen (secondary N) is 1. The fourth-order valence-electron chi connectivity index (χ4n) is 3.89. The van der Waals surface area contributed by atoms with Crippen LogP contribution in [0.2, 0.25) is 0 Å². The smallest absolute Gasteiger partial charge is 0.203 e. The molecule has 2 aromatic rings. The lowest BCUT2D eigenvalue weighted by atomic mass is 9.75. The monoisotopic (exact) mass is 387 g/mol. The van der Waals surface area contributed by atoms with Crippen LogP contribution in [0.5, 0.6) is 17.2 Å². The summed E-state index contributed by atoms with van der Waals surface area (Å²) in [5.74, 6) is 1.14. The van der Waals surface area contributed by atoms with E-state index in [9.17, 15) is 9.18 Å². The average Bonchev–Trinajstić information content (AvgIpc) is 3.21. The molecule has 1 heterocycles. The van der Waals surface area contributed by atoms with E-state index in [2.05, 4.69) is 5.32 Å². The molecule has 1 unspecified atom stereocenters. The summed E-state index contributed by atoms with van der Waals surface area (Å²) in [6.45, 7) is 1.66. The van der Waals surface area contributed by atoms with E-state index in [1.807, 2.05) is 12.1 Å². The second-order valence-corrected chi connectivity index (χ2v) is 7.05. The van der Waals surface area contributed by atoms with Crippen LogP contribution >= 0.6 is 0 Å². The molecular weight excluding hydrogens is 361 g/mol. The van der Waals surface area contributed by atoms with Crippen molar-refractivity contribution in [3.63, 3.8) is 0 Å². The predicted octanol–water partition coefficient (Wildman–Crippen LogP) is 3.75. The fourth-order valence-corrected chi connectivity index (χ4v) is 3.89. The Balaban J connectivity index is 1.81. The van der Waals surface area contributed by atoms with E-state index in [4.69, 9.17) is 14.2 Å². The van der Waals surface area contributed by atoms with E-state index in [-0.39, 0.29) is 17.0 Å². The van der Waals surface area contributed by atoms with Crippen molar-refractivity contribution >= 4 is 5.78 Å². The van der Waals surface area contributed by atoms with Gasteiger partial charge in [0.1, 0.15) is 5.82 Å². The predicted molar refractivity (Wildman–Crippen MR) is 105 cm³/mol. The van der Waals surface area contributed by atoms with Crippen LogP contribution in [0.3, 0.4) is 0 Å². The third-order valence-electron chi connectivity index (χ3n) is 5.52. The molecule has 6 heteroatoms. The Kier molecular flexibility index (Phi) is 6.19. The minimum absolute atomic E-state index is 0.00707. The van der Waals surface area contributed by atoms with Gasteiger partial charge in [0.05, 0.1) is 21.3 Å². The molecule has 1 atom stereocenters. The minimum Gasteiger partial charge on any atom is -0.493 e. The molecule has 2 aromatic carbocycles. The number of rotatable bonds is 8. The molecule has 0 saturated carbocycles. The molecule has 3 rings (SSSR count). The molecule has 0 bridgehead atoms. The molecule has 1 fully saturated rings. The van der Waals surface area contributed by atoms with Gasteiger partial charge in [-0.25, -0.2) is 4.39 Å². The first kappa shape index (κ1) is 20.1. The molecule has 0 radical (unpaired) electrons. The highest BCUT2D eigenvalue weighted by Crippen LogP contribution is 2.40. The van der Waals surface area contributed by atoms with E-state index in [0.717, 1.165) is 25.1 Å². The summed E-state index contributed by atoms with van der Waals surface area (Å²) in [5, 5.41) is 3.38. The maximum Gasteiger partial charge on any atom is 0.203 e. The maximum absolute atomic E-state index is 13.3. The van der Waals surface area contributed by atoms with Crippen molar-refractivity contribution in [1.29, 1.82) is 0 Å². The molecule has 150 valence electrons. The second kappa shape index (κ2) is 8.61. The van der Waals surface area contributed by atoms with Crippen LogP contribution in [0.15, 0.2) is 36.4 Å². The van der Waals surface area contributed by atoms with Crippen LogP contribution in [0.1, 0.15) is 35.2 Å². The lowest BCUT2D eigenvalue weighted by Gasteiger charge is -2.29. The number of carbonyl (C=O) groups is 1. The summed E-state index contributed by atoms with van der Waals surface area (Å²) in [6.07, 6.45) is 1.97. The molecule has 1 aliphatic rings. The number of hydrogen-bond acceptors (Lipinski definition) is 5. The summed E-state index contributed by atoms with van der Waals surface area (Å²) in [4.78, 5) is 12.9. The maximum atomic E-state index is 13.3. The zero-order valence-electron chi connectivity index (χ0n) is 16.5.